The Hall–Kier alpha value is -3.33. The molecule has 1 spiro atoms. The Labute approximate surface area is 235 Å². The number of carbonyl (C=O) groups excluding carboxylic acids is 1. The third-order valence-corrected chi connectivity index (χ3v) is 8.44. The molecule has 0 atom stereocenters. The molecule has 6 rings (SSSR count). The van der Waals surface area contributed by atoms with Crippen LogP contribution in [0.15, 0.2) is 79.3 Å². The summed E-state index contributed by atoms with van der Waals surface area (Å²) < 4.78 is 2.11. The minimum Gasteiger partial charge on any atom is -0.323 e. The molecular formula is C29H26BrClN6O. The highest BCUT2D eigenvalue weighted by molar-refractivity contribution is 9.07. The Morgan fingerprint density at radius 3 is 2.42 bits per heavy atom. The Kier molecular flexibility index (Phi) is 6.86. The van der Waals surface area contributed by atoms with Crippen molar-refractivity contribution in [3.63, 3.8) is 0 Å². The number of carbonyl (C=O) groups is 1. The maximum atomic E-state index is 13.4. The smallest absolute Gasteiger partial charge is 0.233 e. The van der Waals surface area contributed by atoms with Crippen molar-refractivity contribution in [3.05, 3.63) is 84.3 Å². The number of rotatable bonds is 5. The van der Waals surface area contributed by atoms with Crippen molar-refractivity contribution >= 4 is 51.0 Å². The number of nitrogens with one attached hydrogen (secondary N) is 1. The number of aromatic nitrogens is 3. The zero-order chi connectivity index (χ0) is 26.1. The number of hydrogen-bond acceptors (Lipinski definition) is 6. The van der Waals surface area contributed by atoms with Gasteiger partial charge in [0.1, 0.15) is 0 Å². The lowest BCUT2D eigenvalue weighted by Gasteiger charge is -2.35. The Balaban J connectivity index is 1.23. The Bertz CT molecular complexity index is 1480. The fraction of sp³-hybridized carbons (Fsp3) is 0.241. The second-order valence-corrected chi connectivity index (χ2v) is 11.2. The van der Waals surface area contributed by atoms with Crippen LogP contribution in [-0.4, -0.2) is 44.4 Å². The number of benzene rings is 2. The number of piperidine rings is 1. The third kappa shape index (κ3) is 4.91. The lowest BCUT2D eigenvalue weighted by atomic mass is 9.77. The summed E-state index contributed by atoms with van der Waals surface area (Å²) >= 11 is 10.1. The molecule has 1 amide bonds. The first-order valence-corrected chi connectivity index (χ1v) is 13.7. The van der Waals surface area contributed by atoms with E-state index in [9.17, 15) is 4.79 Å². The summed E-state index contributed by atoms with van der Waals surface area (Å²) in [4.78, 5) is 28.8. The van der Waals surface area contributed by atoms with Crippen LogP contribution >= 0.6 is 27.7 Å². The van der Waals surface area contributed by atoms with E-state index in [1.807, 2.05) is 41.3 Å². The SMILES string of the molecule is O=C1N(c2cncc(Nc3ncc(Cl)c(-c4cccc(-c5ccccc5)c4)n3)c2)CCC12CCN(Br)CC2. The molecule has 0 radical (unpaired) electrons. The monoisotopic (exact) mass is 588 g/mol. The van der Waals surface area contributed by atoms with Gasteiger partial charge in [0.15, 0.2) is 0 Å². The average molecular weight is 590 g/mol. The number of amides is 1. The lowest BCUT2D eigenvalue weighted by molar-refractivity contribution is -0.127. The summed E-state index contributed by atoms with van der Waals surface area (Å²) in [7, 11) is 0. The van der Waals surface area contributed by atoms with Crippen molar-refractivity contribution in [2.75, 3.05) is 29.9 Å². The molecule has 38 heavy (non-hydrogen) atoms. The molecule has 7 nitrogen and oxygen atoms in total. The molecule has 0 bridgehead atoms. The number of nitrogens with zero attached hydrogens (tertiary/aromatic N) is 5. The van der Waals surface area contributed by atoms with Crippen molar-refractivity contribution < 1.29 is 4.79 Å². The highest BCUT2D eigenvalue weighted by Gasteiger charge is 2.48. The van der Waals surface area contributed by atoms with Crippen LogP contribution in [0.1, 0.15) is 19.3 Å². The molecule has 0 aliphatic carbocycles. The Morgan fingerprint density at radius 2 is 1.61 bits per heavy atom. The largest absolute Gasteiger partial charge is 0.323 e. The summed E-state index contributed by atoms with van der Waals surface area (Å²) in [6.07, 6.45) is 7.65. The predicted molar refractivity (Wildman–Crippen MR) is 155 cm³/mol. The van der Waals surface area contributed by atoms with E-state index in [0.717, 1.165) is 54.7 Å². The molecule has 2 aromatic carbocycles. The highest BCUT2D eigenvalue weighted by atomic mass is 79.9. The number of pyridine rings is 1. The van der Waals surface area contributed by atoms with Crippen molar-refractivity contribution in [3.8, 4) is 22.4 Å². The van der Waals surface area contributed by atoms with Gasteiger partial charge in [0.25, 0.3) is 0 Å². The van der Waals surface area contributed by atoms with Gasteiger partial charge in [0.05, 0.1) is 46.1 Å². The standard InChI is InChI=1S/C29H26BrClN6O/c30-36-12-9-29(10-13-36)11-14-37(27(29)38)24-16-23(17-32-18-24)34-28-33-19-25(31)26(35-28)22-8-4-7-21(15-22)20-5-2-1-3-6-20/h1-8,15-19H,9-14H2,(H,33,34,35). The maximum absolute atomic E-state index is 13.4. The molecule has 9 heteroatoms. The quantitative estimate of drug-likeness (QED) is 0.260. The van der Waals surface area contributed by atoms with E-state index in [4.69, 9.17) is 16.6 Å². The second-order valence-electron chi connectivity index (χ2n) is 9.79. The molecular weight excluding hydrogens is 564 g/mol. The summed E-state index contributed by atoms with van der Waals surface area (Å²) in [5, 5.41) is 3.72. The summed E-state index contributed by atoms with van der Waals surface area (Å²) in [6.45, 7) is 2.46. The van der Waals surface area contributed by atoms with E-state index in [2.05, 4.69) is 59.6 Å². The maximum Gasteiger partial charge on any atom is 0.233 e. The van der Waals surface area contributed by atoms with E-state index in [-0.39, 0.29) is 11.3 Å². The van der Waals surface area contributed by atoms with Gasteiger partial charge in [-0.05, 0) is 42.5 Å². The number of anilines is 3. The molecule has 2 aliphatic rings. The van der Waals surface area contributed by atoms with Gasteiger partial charge in [-0.15, -0.1) is 0 Å². The van der Waals surface area contributed by atoms with Crippen LogP contribution in [-0.2, 0) is 4.79 Å². The number of halogens is 2. The van der Waals surface area contributed by atoms with Crippen LogP contribution in [0.25, 0.3) is 22.4 Å². The predicted octanol–water partition coefficient (Wildman–Crippen LogP) is 6.73. The highest BCUT2D eigenvalue weighted by Crippen LogP contribution is 2.43. The molecule has 4 aromatic rings. The van der Waals surface area contributed by atoms with Gasteiger partial charge in [-0.25, -0.2) is 13.9 Å². The molecule has 4 heterocycles. The summed E-state index contributed by atoms with van der Waals surface area (Å²) in [6, 6.07) is 20.2. The molecule has 2 aromatic heterocycles. The van der Waals surface area contributed by atoms with E-state index in [1.54, 1.807) is 18.6 Å². The van der Waals surface area contributed by atoms with Gasteiger partial charge < -0.3 is 10.2 Å². The van der Waals surface area contributed by atoms with Crippen LogP contribution < -0.4 is 10.2 Å². The van der Waals surface area contributed by atoms with Crippen molar-refractivity contribution in [1.82, 2.24) is 18.9 Å². The van der Waals surface area contributed by atoms with Crippen LogP contribution in [0.5, 0.6) is 0 Å². The molecule has 192 valence electrons. The van der Waals surface area contributed by atoms with Crippen molar-refractivity contribution in [2.24, 2.45) is 5.41 Å². The van der Waals surface area contributed by atoms with E-state index >= 15 is 0 Å². The van der Waals surface area contributed by atoms with Gasteiger partial charge in [-0.1, -0.05) is 60.1 Å². The summed E-state index contributed by atoms with van der Waals surface area (Å²) in [5.74, 6) is 0.600. The molecule has 0 saturated carbocycles. The molecule has 2 saturated heterocycles. The van der Waals surface area contributed by atoms with Gasteiger partial charge in [0.2, 0.25) is 11.9 Å². The third-order valence-electron chi connectivity index (χ3n) is 7.46. The van der Waals surface area contributed by atoms with E-state index in [1.165, 1.54) is 0 Å². The minimum absolute atomic E-state index is 0.195. The molecule has 1 N–H and O–H groups in total. The first-order valence-electron chi connectivity index (χ1n) is 12.6. The van der Waals surface area contributed by atoms with Gasteiger partial charge in [0, 0.05) is 41.3 Å². The topological polar surface area (TPSA) is 74.2 Å². The lowest BCUT2D eigenvalue weighted by Crippen LogP contribution is -2.41. The van der Waals surface area contributed by atoms with Crippen LogP contribution in [0, 0.1) is 5.41 Å². The second kappa shape index (κ2) is 10.4. The van der Waals surface area contributed by atoms with Crippen molar-refractivity contribution in [1.29, 1.82) is 0 Å². The fourth-order valence-corrected chi connectivity index (χ4v) is 5.87. The number of hydrogen-bond donors (Lipinski definition) is 1. The van der Waals surface area contributed by atoms with Gasteiger partial charge in [-0.2, -0.15) is 0 Å². The van der Waals surface area contributed by atoms with Gasteiger partial charge in [-0.3, -0.25) is 9.78 Å². The molecule has 2 fully saturated rings. The van der Waals surface area contributed by atoms with Crippen LogP contribution in [0.4, 0.5) is 17.3 Å². The minimum atomic E-state index is -0.268. The molecule has 0 unspecified atom stereocenters. The fourth-order valence-electron chi connectivity index (χ4n) is 5.32. The average Bonchev–Trinajstić information content (AvgIpc) is 3.27. The van der Waals surface area contributed by atoms with E-state index < -0.39 is 0 Å². The van der Waals surface area contributed by atoms with Crippen LogP contribution in [0.2, 0.25) is 5.02 Å². The normalized spacial score (nSPS) is 17.2. The zero-order valence-corrected chi connectivity index (χ0v) is 23.0. The van der Waals surface area contributed by atoms with Crippen molar-refractivity contribution in [2.45, 2.75) is 19.3 Å². The van der Waals surface area contributed by atoms with E-state index in [0.29, 0.717) is 28.9 Å². The van der Waals surface area contributed by atoms with Crippen LogP contribution in [0.3, 0.4) is 0 Å². The zero-order valence-electron chi connectivity index (χ0n) is 20.6. The summed E-state index contributed by atoms with van der Waals surface area (Å²) in [5.41, 5.74) is 4.96. The van der Waals surface area contributed by atoms with Gasteiger partial charge >= 0.3 is 0 Å². The first-order chi connectivity index (χ1) is 18.5. The first kappa shape index (κ1) is 25.0. The Morgan fingerprint density at radius 1 is 0.868 bits per heavy atom. The molecule has 2 aliphatic heterocycles.